The molecule has 0 bridgehead atoms. The van der Waals surface area contributed by atoms with Crippen molar-refractivity contribution in [3.63, 3.8) is 0 Å². The molecule has 1 saturated carbocycles. The van der Waals surface area contributed by atoms with Crippen molar-refractivity contribution in [1.29, 1.82) is 0 Å². The lowest BCUT2D eigenvalue weighted by Crippen LogP contribution is -2.38. The fourth-order valence-electron chi connectivity index (χ4n) is 3.39. The lowest BCUT2D eigenvalue weighted by atomic mass is 9.80. The van der Waals surface area contributed by atoms with Crippen LogP contribution in [0.5, 0.6) is 0 Å². The highest BCUT2D eigenvalue weighted by Crippen LogP contribution is 2.35. The summed E-state index contributed by atoms with van der Waals surface area (Å²) in [5.41, 5.74) is 0.743. The molecule has 0 unspecified atom stereocenters. The predicted octanol–water partition coefficient (Wildman–Crippen LogP) is 3.59. The van der Waals surface area contributed by atoms with Crippen LogP contribution in [0, 0.1) is 11.2 Å². The SMILES string of the molecule is CN(Cc1ccccc1F)CC1(CO)CCCCCC1. The van der Waals surface area contributed by atoms with Crippen molar-refractivity contribution >= 4 is 0 Å². The number of benzene rings is 1. The van der Waals surface area contributed by atoms with Crippen LogP contribution in [0.2, 0.25) is 0 Å². The summed E-state index contributed by atoms with van der Waals surface area (Å²) in [4.78, 5) is 2.15. The number of aliphatic hydroxyl groups excluding tert-OH is 1. The Morgan fingerprint density at radius 1 is 1.15 bits per heavy atom. The van der Waals surface area contributed by atoms with E-state index in [0.29, 0.717) is 6.54 Å². The van der Waals surface area contributed by atoms with Crippen molar-refractivity contribution in [2.45, 2.75) is 45.1 Å². The molecule has 20 heavy (non-hydrogen) atoms. The lowest BCUT2D eigenvalue weighted by Gasteiger charge is -2.35. The summed E-state index contributed by atoms with van der Waals surface area (Å²) in [6, 6.07) is 6.94. The first-order valence-corrected chi connectivity index (χ1v) is 7.68. The molecule has 0 radical (unpaired) electrons. The highest BCUT2D eigenvalue weighted by Gasteiger charge is 2.31. The van der Waals surface area contributed by atoms with Gasteiger partial charge in [-0.15, -0.1) is 0 Å². The van der Waals surface area contributed by atoms with Crippen molar-refractivity contribution in [2.75, 3.05) is 20.2 Å². The van der Waals surface area contributed by atoms with Gasteiger partial charge in [-0.3, -0.25) is 0 Å². The average molecular weight is 279 g/mol. The van der Waals surface area contributed by atoms with Crippen LogP contribution in [-0.4, -0.2) is 30.2 Å². The van der Waals surface area contributed by atoms with E-state index in [2.05, 4.69) is 4.90 Å². The van der Waals surface area contributed by atoms with Crippen LogP contribution in [0.4, 0.5) is 4.39 Å². The first kappa shape index (κ1) is 15.5. The van der Waals surface area contributed by atoms with Gasteiger partial charge in [-0.05, 0) is 26.0 Å². The van der Waals surface area contributed by atoms with E-state index in [1.807, 2.05) is 19.2 Å². The van der Waals surface area contributed by atoms with E-state index in [-0.39, 0.29) is 17.8 Å². The van der Waals surface area contributed by atoms with Gasteiger partial charge in [-0.2, -0.15) is 0 Å². The van der Waals surface area contributed by atoms with E-state index < -0.39 is 0 Å². The Labute approximate surface area is 121 Å². The zero-order valence-corrected chi connectivity index (χ0v) is 12.4. The van der Waals surface area contributed by atoms with Crippen LogP contribution < -0.4 is 0 Å². The van der Waals surface area contributed by atoms with E-state index in [1.54, 1.807) is 6.07 Å². The Balaban J connectivity index is 1.98. The molecule has 1 fully saturated rings. The second-order valence-electron chi connectivity index (χ2n) is 6.34. The third-order valence-electron chi connectivity index (χ3n) is 4.50. The minimum Gasteiger partial charge on any atom is -0.396 e. The van der Waals surface area contributed by atoms with Gasteiger partial charge in [0.2, 0.25) is 0 Å². The third-order valence-corrected chi connectivity index (χ3v) is 4.50. The Bertz CT molecular complexity index is 413. The van der Waals surface area contributed by atoms with Gasteiger partial charge in [0, 0.05) is 30.7 Å². The summed E-state index contributed by atoms with van der Waals surface area (Å²) < 4.78 is 13.7. The van der Waals surface area contributed by atoms with E-state index in [1.165, 1.54) is 31.7 Å². The molecule has 112 valence electrons. The number of hydrogen-bond acceptors (Lipinski definition) is 2. The number of rotatable bonds is 5. The van der Waals surface area contributed by atoms with E-state index in [4.69, 9.17) is 0 Å². The van der Waals surface area contributed by atoms with Gasteiger partial charge >= 0.3 is 0 Å². The topological polar surface area (TPSA) is 23.5 Å². The van der Waals surface area contributed by atoms with Crippen LogP contribution in [0.25, 0.3) is 0 Å². The maximum Gasteiger partial charge on any atom is 0.127 e. The van der Waals surface area contributed by atoms with E-state index in [0.717, 1.165) is 24.9 Å². The summed E-state index contributed by atoms with van der Waals surface area (Å²) in [6.45, 7) is 1.70. The minimum absolute atomic E-state index is 0.0104. The molecule has 0 spiro atoms. The third kappa shape index (κ3) is 4.03. The molecule has 0 amide bonds. The molecule has 1 aromatic carbocycles. The minimum atomic E-state index is -0.140. The van der Waals surface area contributed by atoms with Gasteiger partial charge < -0.3 is 10.0 Å². The second kappa shape index (κ2) is 7.19. The Morgan fingerprint density at radius 2 is 1.80 bits per heavy atom. The van der Waals surface area contributed by atoms with Crippen molar-refractivity contribution < 1.29 is 9.50 Å². The molecule has 2 nitrogen and oxygen atoms in total. The number of nitrogens with zero attached hydrogens (tertiary/aromatic N) is 1. The zero-order chi connectivity index (χ0) is 14.4. The maximum atomic E-state index is 13.7. The predicted molar refractivity (Wildman–Crippen MR) is 80.0 cm³/mol. The van der Waals surface area contributed by atoms with Crippen molar-refractivity contribution in [2.24, 2.45) is 5.41 Å². The van der Waals surface area contributed by atoms with Crippen LogP contribution in [0.1, 0.15) is 44.1 Å². The summed E-state index contributed by atoms with van der Waals surface area (Å²) in [7, 11) is 2.02. The highest BCUT2D eigenvalue weighted by molar-refractivity contribution is 5.17. The molecule has 1 aliphatic rings. The number of halogens is 1. The summed E-state index contributed by atoms with van der Waals surface area (Å²) in [5, 5.41) is 9.84. The van der Waals surface area contributed by atoms with Gasteiger partial charge in [0.15, 0.2) is 0 Å². The summed E-state index contributed by atoms with van der Waals surface area (Å²) in [6.07, 6.45) is 7.13. The molecule has 3 heteroatoms. The maximum absolute atomic E-state index is 13.7. The molecular formula is C17H26FNO. The van der Waals surface area contributed by atoms with E-state index >= 15 is 0 Å². The summed E-state index contributed by atoms with van der Waals surface area (Å²) >= 11 is 0. The monoisotopic (exact) mass is 279 g/mol. The molecule has 1 aromatic rings. The van der Waals surface area contributed by atoms with Gasteiger partial charge in [0.05, 0.1) is 0 Å². The molecule has 0 heterocycles. The van der Waals surface area contributed by atoms with E-state index in [9.17, 15) is 9.50 Å². The fourth-order valence-corrected chi connectivity index (χ4v) is 3.39. The molecule has 1 N–H and O–H groups in total. The first-order chi connectivity index (χ1) is 9.65. The molecule has 0 aromatic heterocycles. The standard InChI is InChI=1S/C17H26FNO/c1-19(12-15-8-4-5-9-16(15)18)13-17(14-20)10-6-2-3-7-11-17/h4-5,8-9,20H,2-3,6-7,10-14H2,1H3. The quantitative estimate of drug-likeness (QED) is 0.833. The highest BCUT2D eigenvalue weighted by atomic mass is 19.1. The molecule has 0 aliphatic heterocycles. The molecule has 2 rings (SSSR count). The molecule has 0 saturated heterocycles. The van der Waals surface area contributed by atoms with Crippen molar-refractivity contribution in [3.05, 3.63) is 35.6 Å². The largest absolute Gasteiger partial charge is 0.396 e. The zero-order valence-electron chi connectivity index (χ0n) is 12.4. The normalized spacial score (nSPS) is 19.0. The Morgan fingerprint density at radius 3 is 2.40 bits per heavy atom. The number of aliphatic hydroxyl groups is 1. The molecule has 1 aliphatic carbocycles. The average Bonchev–Trinajstić information content (AvgIpc) is 2.67. The van der Waals surface area contributed by atoms with Crippen LogP contribution in [0.3, 0.4) is 0 Å². The first-order valence-electron chi connectivity index (χ1n) is 7.68. The van der Waals surface area contributed by atoms with Crippen LogP contribution in [-0.2, 0) is 6.54 Å². The fraction of sp³-hybridized carbons (Fsp3) is 0.647. The van der Waals surface area contributed by atoms with Gasteiger partial charge in [-0.1, -0.05) is 43.9 Å². The lowest BCUT2D eigenvalue weighted by molar-refractivity contribution is 0.0660. The molecular weight excluding hydrogens is 253 g/mol. The van der Waals surface area contributed by atoms with Crippen molar-refractivity contribution in [1.82, 2.24) is 4.90 Å². The smallest absolute Gasteiger partial charge is 0.127 e. The van der Waals surface area contributed by atoms with Crippen molar-refractivity contribution in [3.8, 4) is 0 Å². The number of hydrogen-bond donors (Lipinski definition) is 1. The van der Waals surface area contributed by atoms with Gasteiger partial charge in [0.1, 0.15) is 5.82 Å². The van der Waals surface area contributed by atoms with Gasteiger partial charge in [0.25, 0.3) is 0 Å². The Hall–Kier alpha value is -0.930. The second-order valence-corrected chi connectivity index (χ2v) is 6.34. The van der Waals surface area contributed by atoms with Gasteiger partial charge in [-0.25, -0.2) is 4.39 Å². The molecule has 0 atom stereocenters. The Kier molecular flexibility index (Phi) is 5.55. The van der Waals surface area contributed by atoms with Crippen LogP contribution >= 0.6 is 0 Å². The summed E-state index contributed by atoms with van der Waals surface area (Å²) in [5.74, 6) is -0.140. The van der Waals surface area contributed by atoms with Crippen LogP contribution in [0.15, 0.2) is 24.3 Å².